The minimum absolute atomic E-state index is 0.0289. The zero-order chi connectivity index (χ0) is 27.9. The summed E-state index contributed by atoms with van der Waals surface area (Å²) in [5.74, 6) is -3.26. The van der Waals surface area contributed by atoms with Crippen molar-refractivity contribution in [2.45, 2.75) is 51.4 Å². The highest BCUT2D eigenvalue weighted by atomic mass is 19.2. The fourth-order valence-corrected chi connectivity index (χ4v) is 5.15. The van der Waals surface area contributed by atoms with E-state index in [1.54, 1.807) is 11.0 Å². The van der Waals surface area contributed by atoms with E-state index < -0.39 is 17.5 Å². The molecule has 0 spiro atoms. The number of nitrogens with zero attached hydrogens (tertiary/aromatic N) is 6. The van der Waals surface area contributed by atoms with Gasteiger partial charge in [-0.2, -0.15) is 9.65 Å². The molecule has 8 nitrogen and oxygen atoms in total. The number of aromatic nitrogens is 3. The smallest absolute Gasteiger partial charge is 0.263 e. The number of anilines is 3. The molecule has 0 bridgehead atoms. The number of piperidine rings is 1. The molecule has 2 aromatic heterocycles. The molecule has 204 valence electrons. The van der Waals surface area contributed by atoms with Crippen LogP contribution in [0, 0.1) is 23.0 Å². The van der Waals surface area contributed by atoms with Crippen LogP contribution in [-0.4, -0.2) is 58.4 Å². The fourth-order valence-electron chi connectivity index (χ4n) is 5.15. The maximum absolute atomic E-state index is 15.1. The van der Waals surface area contributed by atoms with E-state index in [1.165, 1.54) is 13.0 Å². The molecular weight excluding hydrogens is 507 g/mol. The maximum Gasteiger partial charge on any atom is 0.263 e. The number of ether oxygens (including phenoxy) is 1. The number of benzene rings is 1. The van der Waals surface area contributed by atoms with Gasteiger partial charge in [0.15, 0.2) is 17.4 Å². The van der Waals surface area contributed by atoms with Gasteiger partial charge in [-0.3, -0.25) is 0 Å². The van der Waals surface area contributed by atoms with Crippen LogP contribution in [0.2, 0.25) is 0 Å². The predicted molar refractivity (Wildman–Crippen MR) is 142 cm³/mol. The molecule has 4 heterocycles. The third-order valence-corrected chi connectivity index (χ3v) is 7.17. The van der Waals surface area contributed by atoms with Gasteiger partial charge in [-0.15, -0.1) is 0 Å². The fraction of sp³-hybridized carbons (Fsp3) is 0.429. The molecule has 1 atom stereocenters. The molecule has 2 aliphatic rings. The van der Waals surface area contributed by atoms with Gasteiger partial charge in [0.25, 0.3) is 5.85 Å². The van der Waals surface area contributed by atoms with Crippen LogP contribution in [0.25, 0.3) is 11.3 Å². The Hall–Kier alpha value is -3.91. The van der Waals surface area contributed by atoms with E-state index in [0.717, 1.165) is 43.8 Å². The average molecular weight is 538 g/mol. The highest BCUT2D eigenvalue weighted by Crippen LogP contribution is 2.43. The van der Waals surface area contributed by atoms with Gasteiger partial charge < -0.3 is 19.9 Å². The lowest BCUT2D eigenvalue weighted by molar-refractivity contribution is -0.0475. The summed E-state index contributed by atoms with van der Waals surface area (Å²) in [7, 11) is 2.08. The highest BCUT2D eigenvalue weighted by molar-refractivity contribution is 5.73. The molecule has 1 N–H and O–H groups in total. The number of likely N-dealkylation sites (tertiary alicyclic amines) is 1. The Bertz CT molecular complexity index is 1430. The first-order chi connectivity index (χ1) is 18.5. The molecule has 1 unspecified atom stereocenters. The summed E-state index contributed by atoms with van der Waals surface area (Å²) in [5.41, 5.74) is 1.54. The molecule has 11 heteroatoms. The van der Waals surface area contributed by atoms with Crippen LogP contribution in [0.1, 0.15) is 50.8 Å². The summed E-state index contributed by atoms with van der Waals surface area (Å²) in [4.78, 5) is 16.7. The van der Waals surface area contributed by atoms with E-state index in [4.69, 9.17) is 4.74 Å². The van der Waals surface area contributed by atoms with Crippen molar-refractivity contribution in [3.05, 3.63) is 53.4 Å². The summed E-state index contributed by atoms with van der Waals surface area (Å²) >= 11 is 0. The van der Waals surface area contributed by atoms with E-state index in [9.17, 15) is 14.0 Å². The standard InChI is InChI=1S/C28H30F3N7O/c1-16(2)38-15-28(3,31)39-26-20(29)11-18(12-23(26)38)25-21(30)14-33-27(36-25)35-24-6-5-19(22(13-32)34-24)17-7-9-37(4)10-8-17/h5-6,11-12,14,16-17H,7-10,15H2,1-4H3,(H,33,34,35,36). The summed E-state index contributed by atoms with van der Waals surface area (Å²) in [6, 6.07) is 8.24. The van der Waals surface area contributed by atoms with Crippen molar-refractivity contribution in [3.8, 4) is 23.1 Å². The lowest BCUT2D eigenvalue weighted by atomic mass is 9.88. The molecule has 5 rings (SSSR count). The van der Waals surface area contributed by atoms with Gasteiger partial charge in [0.05, 0.1) is 18.4 Å². The van der Waals surface area contributed by atoms with Crippen molar-refractivity contribution < 1.29 is 17.9 Å². The van der Waals surface area contributed by atoms with Crippen LogP contribution < -0.4 is 15.0 Å². The zero-order valence-electron chi connectivity index (χ0n) is 22.3. The quantitative estimate of drug-likeness (QED) is 0.454. The van der Waals surface area contributed by atoms with Crippen molar-refractivity contribution in [2.24, 2.45) is 0 Å². The van der Waals surface area contributed by atoms with Crippen molar-refractivity contribution >= 4 is 17.5 Å². The van der Waals surface area contributed by atoms with Crippen LogP contribution in [-0.2, 0) is 0 Å². The summed E-state index contributed by atoms with van der Waals surface area (Å²) in [5, 5.41) is 12.7. The maximum atomic E-state index is 15.1. The van der Waals surface area contributed by atoms with E-state index in [1.807, 2.05) is 19.9 Å². The van der Waals surface area contributed by atoms with Gasteiger partial charge in [0, 0.05) is 18.5 Å². The number of halogens is 3. The normalized spacial score (nSPS) is 19.9. The van der Waals surface area contributed by atoms with E-state index >= 15 is 4.39 Å². The predicted octanol–water partition coefficient (Wildman–Crippen LogP) is 5.53. The average Bonchev–Trinajstić information content (AvgIpc) is 2.90. The number of hydrogen-bond acceptors (Lipinski definition) is 8. The second kappa shape index (κ2) is 10.3. The van der Waals surface area contributed by atoms with Crippen LogP contribution in [0.15, 0.2) is 30.5 Å². The van der Waals surface area contributed by atoms with Gasteiger partial charge in [0.1, 0.15) is 23.3 Å². The minimum atomic E-state index is -2.07. The monoisotopic (exact) mass is 537 g/mol. The first kappa shape index (κ1) is 26.7. The molecule has 0 radical (unpaired) electrons. The zero-order valence-corrected chi connectivity index (χ0v) is 22.3. The number of nitriles is 1. The Morgan fingerprint density at radius 3 is 2.59 bits per heavy atom. The number of nitrogens with one attached hydrogen (secondary N) is 1. The number of alkyl halides is 1. The Balaban J connectivity index is 1.45. The number of rotatable bonds is 5. The topological polar surface area (TPSA) is 90.2 Å². The molecule has 1 saturated heterocycles. The number of fused-ring (bicyclic) bond motifs is 1. The molecule has 0 saturated carbocycles. The Morgan fingerprint density at radius 1 is 1.15 bits per heavy atom. The second-order valence-electron chi connectivity index (χ2n) is 10.6. The molecule has 1 fully saturated rings. The van der Waals surface area contributed by atoms with Gasteiger partial charge in [-0.05, 0) is 76.5 Å². The van der Waals surface area contributed by atoms with Crippen LogP contribution in [0.4, 0.5) is 30.6 Å². The highest BCUT2D eigenvalue weighted by Gasteiger charge is 2.38. The Kier molecular flexibility index (Phi) is 7.07. The van der Waals surface area contributed by atoms with Crippen molar-refractivity contribution in [1.29, 1.82) is 5.26 Å². The number of hydrogen-bond donors (Lipinski definition) is 1. The van der Waals surface area contributed by atoms with E-state index in [2.05, 4.69) is 38.3 Å². The lowest BCUT2D eigenvalue weighted by Gasteiger charge is -2.40. The molecule has 0 amide bonds. The molecule has 0 aliphatic carbocycles. The largest absolute Gasteiger partial charge is 0.451 e. The first-order valence-corrected chi connectivity index (χ1v) is 12.9. The molecule has 39 heavy (non-hydrogen) atoms. The van der Waals surface area contributed by atoms with Crippen LogP contribution >= 0.6 is 0 Å². The minimum Gasteiger partial charge on any atom is -0.451 e. The molecular formula is C28H30F3N7O. The van der Waals surface area contributed by atoms with E-state index in [0.29, 0.717) is 17.2 Å². The van der Waals surface area contributed by atoms with Gasteiger partial charge >= 0.3 is 0 Å². The van der Waals surface area contributed by atoms with E-state index in [-0.39, 0.29) is 41.5 Å². The summed E-state index contributed by atoms with van der Waals surface area (Å²) in [6.07, 6.45) is 2.88. The van der Waals surface area contributed by atoms with Crippen molar-refractivity contribution in [3.63, 3.8) is 0 Å². The third-order valence-electron chi connectivity index (χ3n) is 7.17. The van der Waals surface area contributed by atoms with Crippen molar-refractivity contribution in [1.82, 2.24) is 19.9 Å². The molecule has 3 aromatic rings. The Labute approximate surface area is 225 Å². The Morgan fingerprint density at radius 2 is 1.90 bits per heavy atom. The molecule has 1 aromatic carbocycles. The number of pyridine rings is 1. The third kappa shape index (κ3) is 5.47. The van der Waals surface area contributed by atoms with Crippen LogP contribution in [0.5, 0.6) is 5.75 Å². The van der Waals surface area contributed by atoms with Gasteiger partial charge in [-0.1, -0.05) is 6.07 Å². The molecule has 2 aliphatic heterocycles. The summed E-state index contributed by atoms with van der Waals surface area (Å²) < 4.78 is 50.0. The first-order valence-electron chi connectivity index (χ1n) is 12.9. The van der Waals surface area contributed by atoms with Crippen LogP contribution in [0.3, 0.4) is 0 Å². The van der Waals surface area contributed by atoms with Gasteiger partial charge in [-0.25, -0.2) is 23.7 Å². The second-order valence-corrected chi connectivity index (χ2v) is 10.6. The summed E-state index contributed by atoms with van der Waals surface area (Å²) in [6.45, 7) is 6.75. The lowest BCUT2D eigenvalue weighted by Crippen LogP contribution is -2.49. The van der Waals surface area contributed by atoms with Gasteiger partial charge in [0.2, 0.25) is 5.95 Å². The SMILES string of the molecule is CC(C)N1CC(C)(F)Oc2c(F)cc(-c3nc(Nc4ccc(C5CCN(C)CC5)c(C#N)n4)ncc3F)cc21. The van der Waals surface area contributed by atoms with Crippen molar-refractivity contribution in [2.75, 3.05) is 36.9 Å².